The van der Waals surface area contributed by atoms with Crippen LogP contribution < -0.4 is 0 Å². The number of likely N-dealkylation sites (tertiary alicyclic amines) is 1. The van der Waals surface area contributed by atoms with Crippen molar-refractivity contribution in [2.24, 2.45) is 0 Å². The van der Waals surface area contributed by atoms with E-state index in [1.165, 1.54) is 17.3 Å². The molecular formula is C22H16ClN3O3. The summed E-state index contributed by atoms with van der Waals surface area (Å²) in [7, 11) is 0. The van der Waals surface area contributed by atoms with Gasteiger partial charge in [0.2, 0.25) is 0 Å². The zero-order valence-corrected chi connectivity index (χ0v) is 16.0. The Morgan fingerprint density at radius 2 is 1.83 bits per heavy atom. The molecule has 0 radical (unpaired) electrons. The van der Waals surface area contributed by atoms with E-state index in [0.29, 0.717) is 16.1 Å². The highest BCUT2D eigenvalue weighted by Gasteiger charge is 2.46. The van der Waals surface area contributed by atoms with Crippen LogP contribution >= 0.6 is 11.6 Å². The lowest BCUT2D eigenvalue weighted by Gasteiger charge is -2.25. The Labute approximate surface area is 172 Å². The minimum absolute atomic E-state index is 0.0207. The van der Waals surface area contributed by atoms with E-state index >= 15 is 0 Å². The van der Waals surface area contributed by atoms with Gasteiger partial charge in [-0.05, 0) is 41.5 Å². The Hall–Kier alpha value is -3.51. The molecule has 1 aromatic carbocycles. The van der Waals surface area contributed by atoms with E-state index in [1.54, 1.807) is 54.9 Å². The third-order valence-electron chi connectivity index (χ3n) is 4.73. The number of hydrogen-bond donors (Lipinski definition) is 1. The van der Waals surface area contributed by atoms with Crippen molar-refractivity contribution in [1.82, 2.24) is 14.9 Å². The minimum Gasteiger partial charge on any atom is -0.507 e. The molecule has 1 aliphatic rings. The smallest absolute Gasteiger partial charge is 0.295 e. The fourth-order valence-electron chi connectivity index (χ4n) is 3.42. The van der Waals surface area contributed by atoms with Crippen LogP contribution in [0.3, 0.4) is 0 Å². The van der Waals surface area contributed by atoms with Crippen LogP contribution in [0.15, 0.2) is 78.9 Å². The molecule has 4 rings (SSSR count). The van der Waals surface area contributed by atoms with E-state index in [4.69, 9.17) is 11.6 Å². The second kappa shape index (κ2) is 7.85. The van der Waals surface area contributed by atoms with E-state index in [1.807, 2.05) is 6.07 Å². The van der Waals surface area contributed by atoms with Gasteiger partial charge in [0, 0.05) is 41.9 Å². The average molecular weight is 406 g/mol. The Balaban J connectivity index is 1.87. The van der Waals surface area contributed by atoms with Gasteiger partial charge in [0.1, 0.15) is 5.76 Å². The molecule has 0 spiro atoms. The maximum Gasteiger partial charge on any atom is 0.295 e. The Morgan fingerprint density at radius 3 is 2.52 bits per heavy atom. The third-order valence-corrected chi connectivity index (χ3v) is 4.97. The Kier molecular flexibility index (Phi) is 5.10. The number of carbonyl (C=O) groups excluding carboxylic acids is 2. The van der Waals surface area contributed by atoms with E-state index < -0.39 is 17.7 Å². The number of hydrogen-bond acceptors (Lipinski definition) is 5. The van der Waals surface area contributed by atoms with Gasteiger partial charge < -0.3 is 10.0 Å². The van der Waals surface area contributed by atoms with Gasteiger partial charge in [-0.3, -0.25) is 19.6 Å². The molecule has 1 atom stereocenters. The fourth-order valence-corrected chi connectivity index (χ4v) is 3.62. The number of pyridine rings is 2. The Bertz CT molecular complexity index is 1100. The van der Waals surface area contributed by atoms with Crippen molar-refractivity contribution in [2.45, 2.75) is 12.6 Å². The number of amides is 1. The number of benzene rings is 1. The van der Waals surface area contributed by atoms with Gasteiger partial charge in [0.25, 0.3) is 11.7 Å². The van der Waals surface area contributed by atoms with Gasteiger partial charge in [-0.1, -0.05) is 29.8 Å². The van der Waals surface area contributed by atoms with Gasteiger partial charge in [0.15, 0.2) is 0 Å². The summed E-state index contributed by atoms with van der Waals surface area (Å²) in [5, 5.41) is 11.4. The van der Waals surface area contributed by atoms with Gasteiger partial charge in [-0.15, -0.1) is 0 Å². The van der Waals surface area contributed by atoms with E-state index in [9.17, 15) is 14.7 Å². The zero-order chi connectivity index (χ0) is 20.4. The number of rotatable bonds is 4. The van der Waals surface area contributed by atoms with Crippen LogP contribution in [0, 0.1) is 0 Å². The SMILES string of the molecule is O=C1C(=O)N(Cc2cccnc2)C(c2cccc(Cl)c2)C1=C(O)c1ccncc1. The van der Waals surface area contributed by atoms with Crippen LogP contribution in [-0.2, 0) is 16.1 Å². The summed E-state index contributed by atoms with van der Waals surface area (Å²) in [6, 6.07) is 12.9. The molecule has 2 aromatic heterocycles. The van der Waals surface area contributed by atoms with E-state index in [0.717, 1.165) is 5.56 Å². The molecule has 1 N–H and O–H groups in total. The van der Waals surface area contributed by atoms with Crippen molar-refractivity contribution in [1.29, 1.82) is 0 Å². The number of nitrogens with zero attached hydrogens (tertiary/aromatic N) is 3. The monoisotopic (exact) mass is 405 g/mol. The highest BCUT2D eigenvalue weighted by molar-refractivity contribution is 6.46. The number of aromatic nitrogens is 2. The second-order valence-electron chi connectivity index (χ2n) is 6.58. The summed E-state index contributed by atoms with van der Waals surface area (Å²) in [6.07, 6.45) is 6.29. The molecule has 3 aromatic rings. The number of Topliss-reactive ketones (excluding diaryl/α,β-unsaturated/α-hetero) is 1. The lowest BCUT2D eigenvalue weighted by atomic mass is 9.95. The van der Waals surface area contributed by atoms with Crippen molar-refractivity contribution in [3.8, 4) is 0 Å². The highest BCUT2D eigenvalue weighted by Crippen LogP contribution is 2.40. The van der Waals surface area contributed by atoms with Crippen molar-refractivity contribution < 1.29 is 14.7 Å². The van der Waals surface area contributed by atoms with Crippen LogP contribution in [-0.4, -0.2) is 31.7 Å². The molecule has 0 bridgehead atoms. The lowest BCUT2D eigenvalue weighted by Crippen LogP contribution is -2.29. The van der Waals surface area contributed by atoms with Crippen LogP contribution in [0.1, 0.15) is 22.7 Å². The van der Waals surface area contributed by atoms with E-state index in [2.05, 4.69) is 9.97 Å². The largest absolute Gasteiger partial charge is 0.507 e. The van der Waals surface area contributed by atoms with Gasteiger partial charge >= 0.3 is 0 Å². The van der Waals surface area contributed by atoms with Crippen molar-refractivity contribution in [2.75, 3.05) is 0 Å². The zero-order valence-electron chi connectivity index (χ0n) is 15.2. The number of halogens is 1. The molecule has 0 saturated carbocycles. The number of aliphatic hydroxyl groups is 1. The van der Waals surface area contributed by atoms with Crippen LogP contribution in [0.4, 0.5) is 0 Å². The molecule has 1 unspecified atom stereocenters. The predicted molar refractivity (Wildman–Crippen MR) is 108 cm³/mol. The molecule has 1 amide bonds. The van der Waals surface area contributed by atoms with Crippen LogP contribution in [0.2, 0.25) is 5.02 Å². The normalized spacial score (nSPS) is 18.2. The summed E-state index contributed by atoms with van der Waals surface area (Å²) < 4.78 is 0. The standard InChI is InChI=1S/C22H16ClN3O3/c23-17-5-1-4-16(11-17)19-18(20(27)15-6-9-24-10-7-15)21(28)22(29)26(19)13-14-3-2-8-25-12-14/h1-12,19,27H,13H2. The summed E-state index contributed by atoms with van der Waals surface area (Å²) in [4.78, 5) is 35.2. The van der Waals surface area contributed by atoms with Gasteiger partial charge in [-0.25, -0.2) is 0 Å². The van der Waals surface area contributed by atoms with E-state index in [-0.39, 0.29) is 17.9 Å². The average Bonchev–Trinajstić information content (AvgIpc) is 2.99. The quantitative estimate of drug-likeness (QED) is 0.406. The lowest BCUT2D eigenvalue weighted by molar-refractivity contribution is -0.140. The molecule has 144 valence electrons. The molecule has 7 heteroatoms. The maximum atomic E-state index is 12.9. The summed E-state index contributed by atoms with van der Waals surface area (Å²) in [6.45, 7) is 0.169. The molecule has 6 nitrogen and oxygen atoms in total. The molecule has 29 heavy (non-hydrogen) atoms. The first-order valence-corrected chi connectivity index (χ1v) is 9.27. The molecule has 3 heterocycles. The number of aliphatic hydroxyl groups excluding tert-OH is 1. The fraction of sp³-hybridized carbons (Fsp3) is 0.0909. The molecule has 1 fully saturated rings. The Morgan fingerprint density at radius 1 is 1.03 bits per heavy atom. The predicted octanol–water partition coefficient (Wildman–Crippen LogP) is 3.75. The van der Waals surface area contributed by atoms with Crippen molar-refractivity contribution in [3.05, 3.63) is 101 Å². The summed E-state index contributed by atoms with van der Waals surface area (Å²) in [5.74, 6) is -1.67. The van der Waals surface area contributed by atoms with Crippen molar-refractivity contribution in [3.63, 3.8) is 0 Å². The van der Waals surface area contributed by atoms with Gasteiger partial charge in [-0.2, -0.15) is 0 Å². The highest BCUT2D eigenvalue weighted by atomic mass is 35.5. The summed E-state index contributed by atoms with van der Waals surface area (Å²) in [5.41, 5.74) is 1.83. The number of ketones is 1. The molecule has 0 aliphatic carbocycles. The van der Waals surface area contributed by atoms with Crippen LogP contribution in [0.25, 0.3) is 5.76 Å². The first-order valence-electron chi connectivity index (χ1n) is 8.89. The van der Waals surface area contributed by atoms with Gasteiger partial charge in [0.05, 0.1) is 11.6 Å². The first kappa shape index (κ1) is 18.8. The maximum absolute atomic E-state index is 12.9. The van der Waals surface area contributed by atoms with Crippen molar-refractivity contribution >= 4 is 29.1 Å². The minimum atomic E-state index is -0.776. The molecule has 1 saturated heterocycles. The second-order valence-corrected chi connectivity index (χ2v) is 7.02. The first-order chi connectivity index (χ1) is 14.1. The molecule has 1 aliphatic heterocycles. The third kappa shape index (κ3) is 3.62. The van der Waals surface area contributed by atoms with Crippen LogP contribution in [0.5, 0.6) is 0 Å². The summed E-state index contributed by atoms with van der Waals surface area (Å²) >= 11 is 6.16. The molecular weight excluding hydrogens is 390 g/mol. The topological polar surface area (TPSA) is 83.4 Å². The number of carbonyl (C=O) groups is 2.